The largest absolute Gasteiger partial charge is 0.379 e. The number of hydrogen-bond acceptors (Lipinski definition) is 6. The Morgan fingerprint density at radius 3 is 2.86 bits per heavy atom. The molecule has 118 valence electrons. The van der Waals surface area contributed by atoms with Crippen LogP contribution < -0.4 is 10.6 Å². The number of morpholine rings is 1. The summed E-state index contributed by atoms with van der Waals surface area (Å²) in [4.78, 5) is 14.3. The zero-order valence-electron chi connectivity index (χ0n) is 12.5. The summed E-state index contributed by atoms with van der Waals surface area (Å²) in [7, 11) is 0. The minimum absolute atomic E-state index is 0.228. The summed E-state index contributed by atoms with van der Waals surface area (Å²) >= 11 is 1.30. The van der Waals surface area contributed by atoms with E-state index in [9.17, 15) is 4.79 Å². The van der Waals surface area contributed by atoms with Gasteiger partial charge >= 0.3 is 6.03 Å². The van der Waals surface area contributed by atoms with Crippen molar-refractivity contribution < 1.29 is 9.53 Å². The molecule has 1 fully saturated rings. The van der Waals surface area contributed by atoms with Crippen molar-refractivity contribution in [2.45, 2.75) is 26.3 Å². The number of rotatable bonds is 6. The Balaban J connectivity index is 1.81. The highest BCUT2D eigenvalue weighted by molar-refractivity contribution is 7.13. The maximum atomic E-state index is 11.9. The van der Waals surface area contributed by atoms with Crippen molar-refractivity contribution in [2.75, 3.05) is 38.2 Å². The number of carbonyl (C=O) groups is 1. The van der Waals surface area contributed by atoms with Gasteiger partial charge in [-0.3, -0.25) is 10.2 Å². The molecule has 21 heavy (non-hydrogen) atoms. The van der Waals surface area contributed by atoms with Crippen LogP contribution in [0.1, 0.15) is 20.3 Å². The lowest BCUT2D eigenvalue weighted by atomic mass is 10.0. The molecule has 1 atom stereocenters. The lowest BCUT2D eigenvalue weighted by Gasteiger charge is -2.35. The van der Waals surface area contributed by atoms with Crippen molar-refractivity contribution in [3.63, 3.8) is 0 Å². The first-order valence-electron chi connectivity index (χ1n) is 7.28. The molecule has 7 nitrogen and oxygen atoms in total. The fraction of sp³-hybridized carbons (Fsp3) is 0.769. The average molecular weight is 313 g/mol. The molecule has 0 bridgehead atoms. The van der Waals surface area contributed by atoms with Crippen molar-refractivity contribution >= 4 is 22.5 Å². The van der Waals surface area contributed by atoms with E-state index in [1.54, 1.807) is 5.51 Å². The van der Waals surface area contributed by atoms with Crippen molar-refractivity contribution in [1.29, 1.82) is 0 Å². The van der Waals surface area contributed by atoms with E-state index in [4.69, 9.17) is 4.74 Å². The van der Waals surface area contributed by atoms with Crippen molar-refractivity contribution in [3.05, 3.63) is 5.51 Å². The molecule has 2 N–H and O–H groups in total. The third-order valence-corrected chi connectivity index (χ3v) is 3.99. The Hall–Kier alpha value is -1.25. The van der Waals surface area contributed by atoms with Crippen molar-refractivity contribution in [2.24, 2.45) is 5.92 Å². The number of ether oxygens (including phenoxy) is 1. The summed E-state index contributed by atoms with van der Waals surface area (Å²) in [5, 5.41) is 13.6. The van der Waals surface area contributed by atoms with Gasteiger partial charge in [0.25, 0.3) is 0 Å². The van der Waals surface area contributed by atoms with Gasteiger partial charge in [-0.1, -0.05) is 25.2 Å². The van der Waals surface area contributed by atoms with Gasteiger partial charge in [-0.25, -0.2) is 4.79 Å². The maximum absolute atomic E-state index is 11.9. The first-order chi connectivity index (χ1) is 10.1. The second kappa shape index (κ2) is 8.26. The molecule has 1 aliphatic heterocycles. The zero-order chi connectivity index (χ0) is 15.1. The molecule has 2 heterocycles. The number of nitrogens with one attached hydrogen (secondary N) is 2. The molecular formula is C13H23N5O2S. The summed E-state index contributed by atoms with van der Waals surface area (Å²) in [6, 6.07) is 0.114. The van der Waals surface area contributed by atoms with Gasteiger partial charge in [0.2, 0.25) is 5.13 Å². The van der Waals surface area contributed by atoms with Crippen LogP contribution in [0.2, 0.25) is 0 Å². The number of aromatic nitrogens is 2. The van der Waals surface area contributed by atoms with Gasteiger partial charge in [0.15, 0.2) is 0 Å². The van der Waals surface area contributed by atoms with E-state index >= 15 is 0 Å². The minimum atomic E-state index is -0.228. The standard InChI is InChI=1S/C13H23N5O2S/c1-10(2)7-11(18-3-5-20-6-4-18)8-14-12(19)16-13-17-15-9-21-13/h9-11H,3-8H2,1-2H3,(H2,14,16,17,19)/t11-/m1/s1. The normalized spacial score (nSPS) is 17.7. The number of nitrogens with zero attached hydrogens (tertiary/aromatic N) is 3. The minimum Gasteiger partial charge on any atom is -0.379 e. The van der Waals surface area contributed by atoms with E-state index in [0.29, 0.717) is 23.6 Å². The zero-order valence-corrected chi connectivity index (χ0v) is 13.4. The second-order valence-electron chi connectivity index (χ2n) is 5.51. The predicted molar refractivity (Wildman–Crippen MR) is 82.6 cm³/mol. The molecule has 0 spiro atoms. The van der Waals surface area contributed by atoms with Crippen LogP contribution in [0.5, 0.6) is 0 Å². The van der Waals surface area contributed by atoms with Crippen LogP contribution in [0.15, 0.2) is 5.51 Å². The van der Waals surface area contributed by atoms with Gasteiger partial charge in [0.1, 0.15) is 5.51 Å². The Morgan fingerprint density at radius 2 is 2.24 bits per heavy atom. The van der Waals surface area contributed by atoms with Gasteiger partial charge in [-0.2, -0.15) is 0 Å². The number of carbonyl (C=O) groups excluding carboxylic acids is 1. The van der Waals surface area contributed by atoms with E-state index in [-0.39, 0.29) is 6.03 Å². The third-order valence-electron chi connectivity index (χ3n) is 3.38. The molecule has 0 aromatic carbocycles. The highest BCUT2D eigenvalue weighted by Gasteiger charge is 2.22. The Bertz CT molecular complexity index is 420. The molecule has 0 saturated carbocycles. The lowest BCUT2D eigenvalue weighted by Crippen LogP contribution is -2.49. The summed E-state index contributed by atoms with van der Waals surface area (Å²) < 4.78 is 5.40. The topological polar surface area (TPSA) is 79.4 Å². The fourth-order valence-corrected chi connectivity index (χ4v) is 2.87. The lowest BCUT2D eigenvalue weighted by molar-refractivity contribution is 0.0130. The van der Waals surface area contributed by atoms with E-state index in [0.717, 1.165) is 32.7 Å². The first kappa shape index (κ1) is 16.1. The predicted octanol–water partition coefficient (Wildman–Crippen LogP) is 1.41. The van der Waals surface area contributed by atoms with E-state index in [2.05, 4.69) is 39.6 Å². The molecule has 0 unspecified atom stereocenters. The van der Waals surface area contributed by atoms with Crippen LogP contribution in [0.3, 0.4) is 0 Å². The average Bonchev–Trinajstić information content (AvgIpc) is 2.97. The van der Waals surface area contributed by atoms with Gasteiger partial charge in [-0.15, -0.1) is 10.2 Å². The molecule has 1 saturated heterocycles. The molecule has 1 aromatic heterocycles. The summed E-state index contributed by atoms with van der Waals surface area (Å²) in [5.74, 6) is 0.589. The summed E-state index contributed by atoms with van der Waals surface area (Å²) in [5.41, 5.74) is 1.59. The van der Waals surface area contributed by atoms with Crippen LogP contribution in [0.4, 0.5) is 9.93 Å². The van der Waals surface area contributed by atoms with Crippen LogP contribution in [-0.4, -0.2) is 60.0 Å². The third kappa shape index (κ3) is 5.56. The highest BCUT2D eigenvalue weighted by atomic mass is 32.1. The molecular weight excluding hydrogens is 290 g/mol. The van der Waals surface area contributed by atoms with E-state index in [1.807, 2.05) is 0 Å². The van der Waals surface area contributed by atoms with Crippen LogP contribution in [0, 0.1) is 5.92 Å². The second-order valence-corrected chi connectivity index (χ2v) is 6.34. The monoisotopic (exact) mass is 313 g/mol. The Labute approximate surface area is 129 Å². The number of anilines is 1. The van der Waals surface area contributed by atoms with Gasteiger partial charge in [-0.05, 0) is 12.3 Å². The van der Waals surface area contributed by atoms with Crippen LogP contribution in [0.25, 0.3) is 0 Å². The fourth-order valence-electron chi connectivity index (χ4n) is 2.43. The SMILES string of the molecule is CC(C)C[C@H](CNC(=O)Nc1nncs1)N1CCOCC1. The summed E-state index contributed by atoms with van der Waals surface area (Å²) in [6.07, 6.45) is 1.05. The van der Waals surface area contributed by atoms with E-state index in [1.165, 1.54) is 11.3 Å². The molecule has 0 radical (unpaired) electrons. The highest BCUT2D eigenvalue weighted by Crippen LogP contribution is 2.13. The number of amides is 2. The number of hydrogen-bond donors (Lipinski definition) is 2. The van der Waals surface area contributed by atoms with Gasteiger partial charge in [0.05, 0.1) is 13.2 Å². The summed E-state index contributed by atoms with van der Waals surface area (Å²) in [6.45, 7) is 8.43. The molecule has 0 aliphatic carbocycles. The van der Waals surface area contributed by atoms with E-state index < -0.39 is 0 Å². The van der Waals surface area contributed by atoms with Crippen molar-refractivity contribution in [3.8, 4) is 0 Å². The molecule has 8 heteroatoms. The Kier molecular flexibility index (Phi) is 6.34. The first-order valence-corrected chi connectivity index (χ1v) is 8.16. The Morgan fingerprint density at radius 1 is 1.48 bits per heavy atom. The van der Waals surface area contributed by atoms with Crippen LogP contribution in [-0.2, 0) is 4.74 Å². The van der Waals surface area contributed by atoms with Gasteiger partial charge < -0.3 is 10.1 Å². The van der Waals surface area contributed by atoms with Crippen LogP contribution >= 0.6 is 11.3 Å². The smallest absolute Gasteiger partial charge is 0.321 e. The number of urea groups is 1. The molecule has 2 rings (SSSR count). The molecule has 1 aliphatic rings. The maximum Gasteiger partial charge on any atom is 0.321 e. The van der Waals surface area contributed by atoms with Gasteiger partial charge in [0, 0.05) is 25.7 Å². The van der Waals surface area contributed by atoms with Crippen molar-refractivity contribution in [1.82, 2.24) is 20.4 Å². The molecule has 1 aromatic rings. The molecule has 2 amide bonds. The quantitative estimate of drug-likeness (QED) is 0.830.